The van der Waals surface area contributed by atoms with Crippen LogP contribution in [0.15, 0.2) is 18.2 Å². The summed E-state index contributed by atoms with van der Waals surface area (Å²) in [6, 6.07) is 2.21. The molecule has 1 rings (SSSR count). The zero-order valence-electron chi connectivity index (χ0n) is 11.3. The molecule has 1 atom stereocenters. The third kappa shape index (κ3) is 3.69. The molecule has 1 unspecified atom stereocenters. The second-order valence-corrected chi connectivity index (χ2v) is 5.14. The van der Waals surface area contributed by atoms with Crippen LogP contribution in [-0.2, 0) is 11.0 Å². The predicted molar refractivity (Wildman–Crippen MR) is 75.2 cm³/mol. The third-order valence-electron chi connectivity index (χ3n) is 3.28. The maximum Gasteiger partial charge on any atom is 0.419 e. The Morgan fingerprint density at radius 2 is 1.95 bits per heavy atom. The average Bonchev–Trinajstić information content (AvgIpc) is 2.38. The molecule has 0 fully saturated rings. The van der Waals surface area contributed by atoms with E-state index in [9.17, 15) is 22.4 Å². The van der Waals surface area contributed by atoms with Gasteiger partial charge in [0.25, 0.3) is 0 Å². The SMILES string of the molecule is CCC(C)(C(=O)Nc1ccc(F)c(C(F)(F)F)c1)C(N)=S. The molecule has 0 aliphatic carbocycles. The molecule has 21 heavy (non-hydrogen) atoms. The second-order valence-electron chi connectivity index (χ2n) is 4.70. The highest BCUT2D eigenvalue weighted by Crippen LogP contribution is 2.33. The molecule has 0 saturated heterocycles. The highest BCUT2D eigenvalue weighted by Gasteiger charge is 2.36. The van der Waals surface area contributed by atoms with Crippen molar-refractivity contribution in [3.05, 3.63) is 29.6 Å². The molecule has 0 heterocycles. The van der Waals surface area contributed by atoms with Gasteiger partial charge >= 0.3 is 6.18 Å². The van der Waals surface area contributed by atoms with Crippen LogP contribution in [0.2, 0.25) is 0 Å². The summed E-state index contributed by atoms with van der Waals surface area (Å²) < 4.78 is 51.0. The van der Waals surface area contributed by atoms with Crippen LogP contribution in [0.1, 0.15) is 25.8 Å². The number of nitrogens with one attached hydrogen (secondary N) is 1. The molecular weight excluding hydrogens is 308 g/mol. The summed E-state index contributed by atoms with van der Waals surface area (Å²) in [5, 5.41) is 2.28. The van der Waals surface area contributed by atoms with Gasteiger partial charge < -0.3 is 11.1 Å². The molecule has 0 aromatic heterocycles. The minimum absolute atomic E-state index is 0.0688. The molecule has 0 radical (unpaired) electrons. The Bertz CT molecular complexity index is 574. The van der Waals surface area contributed by atoms with Gasteiger partial charge in [0.1, 0.15) is 5.82 Å². The summed E-state index contributed by atoms with van der Waals surface area (Å²) in [4.78, 5) is 12.0. The maximum absolute atomic E-state index is 13.2. The first kappa shape index (κ1) is 17.4. The van der Waals surface area contributed by atoms with E-state index in [-0.39, 0.29) is 17.1 Å². The Labute approximate surface area is 124 Å². The van der Waals surface area contributed by atoms with E-state index in [1.165, 1.54) is 6.92 Å². The normalized spacial score (nSPS) is 14.4. The number of nitrogens with two attached hydrogens (primary N) is 1. The minimum atomic E-state index is -4.85. The number of rotatable bonds is 4. The first-order chi connectivity index (χ1) is 9.52. The van der Waals surface area contributed by atoms with Crippen LogP contribution in [0.25, 0.3) is 0 Å². The van der Waals surface area contributed by atoms with Gasteiger partial charge in [0.15, 0.2) is 0 Å². The van der Waals surface area contributed by atoms with Gasteiger partial charge in [0.05, 0.1) is 16.0 Å². The molecule has 0 aliphatic rings. The fourth-order valence-electron chi connectivity index (χ4n) is 1.54. The van der Waals surface area contributed by atoms with E-state index in [1.807, 2.05) is 0 Å². The van der Waals surface area contributed by atoms with Crippen molar-refractivity contribution >= 4 is 28.8 Å². The molecule has 3 nitrogen and oxygen atoms in total. The van der Waals surface area contributed by atoms with Gasteiger partial charge in [0.2, 0.25) is 5.91 Å². The van der Waals surface area contributed by atoms with Gasteiger partial charge in [-0.05, 0) is 31.5 Å². The number of carbonyl (C=O) groups is 1. The lowest BCUT2D eigenvalue weighted by atomic mass is 9.86. The van der Waals surface area contributed by atoms with Gasteiger partial charge in [-0.2, -0.15) is 13.2 Å². The molecule has 3 N–H and O–H groups in total. The molecule has 0 aliphatic heterocycles. The lowest BCUT2D eigenvalue weighted by molar-refractivity contribution is -0.140. The van der Waals surface area contributed by atoms with Crippen molar-refractivity contribution in [3.63, 3.8) is 0 Å². The lowest BCUT2D eigenvalue weighted by Crippen LogP contribution is -2.43. The zero-order valence-corrected chi connectivity index (χ0v) is 12.2. The van der Waals surface area contributed by atoms with Gasteiger partial charge in [-0.1, -0.05) is 19.1 Å². The fraction of sp³-hybridized carbons (Fsp3) is 0.385. The van der Waals surface area contributed by atoms with E-state index in [0.717, 1.165) is 6.07 Å². The molecule has 1 amide bonds. The maximum atomic E-state index is 13.2. The zero-order chi connectivity index (χ0) is 16.4. The van der Waals surface area contributed by atoms with Crippen LogP contribution in [0.3, 0.4) is 0 Å². The monoisotopic (exact) mass is 322 g/mol. The fourth-order valence-corrected chi connectivity index (χ4v) is 1.77. The molecule has 0 spiro atoms. The van der Waals surface area contributed by atoms with E-state index in [1.54, 1.807) is 6.92 Å². The number of hydrogen-bond donors (Lipinski definition) is 2. The van der Waals surface area contributed by atoms with E-state index in [4.69, 9.17) is 18.0 Å². The first-order valence-electron chi connectivity index (χ1n) is 6.00. The highest BCUT2D eigenvalue weighted by atomic mass is 32.1. The Kier molecular flexibility index (Phi) is 4.93. The first-order valence-corrected chi connectivity index (χ1v) is 6.41. The topological polar surface area (TPSA) is 55.1 Å². The van der Waals surface area contributed by atoms with Crippen LogP contribution in [0.5, 0.6) is 0 Å². The van der Waals surface area contributed by atoms with Gasteiger partial charge in [-0.25, -0.2) is 4.39 Å². The summed E-state index contributed by atoms with van der Waals surface area (Å²) in [7, 11) is 0. The van der Waals surface area contributed by atoms with Crippen LogP contribution in [0, 0.1) is 11.2 Å². The smallest absolute Gasteiger partial charge is 0.392 e. The van der Waals surface area contributed by atoms with Gasteiger partial charge in [-0.15, -0.1) is 0 Å². The third-order valence-corrected chi connectivity index (χ3v) is 3.73. The number of hydrogen-bond acceptors (Lipinski definition) is 2. The van der Waals surface area contributed by atoms with Gasteiger partial charge in [0, 0.05) is 5.69 Å². The molecule has 0 bridgehead atoms. The Balaban J connectivity index is 3.10. The van der Waals surface area contributed by atoms with Crippen molar-refractivity contribution in [2.45, 2.75) is 26.4 Å². The van der Waals surface area contributed by atoms with Crippen LogP contribution >= 0.6 is 12.2 Å². The van der Waals surface area contributed by atoms with E-state index in [2.05, 4.69) is 5.32 Å². The standard InChI is InChI=1S/C13H14F4N2OS/c1-3-12(2,10(18)21)11(20)19-7-4-5-9(14)8(6-7)13(15,16)17/h4-6H,3H2,1-2H3,(H2,18,21)(H,19,20). The summed E-state index contributed by atoms with van der Waals surface area (Å²) in [5.74, 6) is -2.05. The second kappa shape index (κ2) is 5.97. The molecule has 0 saturated carbocycles. The summed E-state index contributed by atoms with van der Waals surface area (Å²) in [6.45, 7) is 3.16. The number of carbonyl (C=O) groups excluding carboxylic acids is 1. The van der Waals surface area contributed by atoms with Crippen LogP contribution < -0.4 is 11.1 Å². The number of benzene rings is 1. The number of alkyl halides is 3. The molecule has 8 heteroatoms. The highest BCUT2D eigenvalue weighted by molar-refractivity contribution is 7.80. The Hall–Kier alpha value is -1.70. The number of anilines is 1. The van der Waals surface area contributed by atoms with Crippen molar-refractivity contribution < 1.29 is 22.4 Å². The number of amides is 1. The molecule has 1 aromatic rings. The van der Waals surface area contributed by atoms with E-state index >= 15 is 0 Å². The van der Waals surface area contributed by atoms with Crippen molar-refractivity contribution in [1.82, 2.24) is 0 Å². The van der Waals surface area contributed by atoms with Crippen molar-refractivity contribution in [1.29, 1.82) is 0 Å². The van der Waals surface area contributed by atoms with E-state index < -0.39 is 28.9 Å². The largest absolute Gasteiger partial charge is 0.419 e. The Morgan fingerprint density at radius 3 is 2.38 bits per heavy atom. The number of thiocarbonyl (C=S) groups is 1. The summed E-state index contributed by atoms with van der Waals surface area (Å²) in [5.41, 5.74) is 2.67. The van der Waals surface area contributed by atoms with Crippen LogP contribution in [-0.4, -0.2) is 10.9 Å². The summed E-state index contributed by atoms with van der Waals surface area (Å²) in [6.07, 6.45) is -4.57. The predicted octanol–water partition coefficient (Wildman–Crippen LogP) is 3.49. The molecule has 116 valence electrons. The van der Waals surface area contributed by atoms with Crippen molar-refractivity contribution in [3.8, 4) is 0 Å². The quantitative estimate of drug-likeness (QED) is 0.659. The molecular formula is C13H14F4N2OS. The van der Waals surface area contributed by atoms with Crippen molar-refractivity contribution in [2.75, 3.05) is 5.32 Å². The average molecular weight is 322 g/mol. The summed E-state index contributed by atoms with van der Waals surface area (Å²) >= 11 is 4.80. The number of halogens is 4. The van der Waals surface area contributed by atoms with E-state index in [0.29, 0.717) is 12.1 Å². The molecule has 1 aromatic carbocycles. The lowest BCUT2D eigenvalue weighted by Gasteiger charge is -2.25. The van der Waals surface area contributed by atoms with Crippen LogP contribution in [0.4, 0.5) is 23.2 Å². The minimum Gasteiger partial charge on any atom is -0.392 e. The van der Waals surface area contributed by atoms with Crippen molar-refractivity contribution in [2.24, 2.45) is 11.1 Å². The van der Waals surface area contributed by atoms with Gasteiger partial charge in [-0.3, -0.25) is 4.79 Å². The Morgan fingerprint density at radius 1 is 1.38 bits per heavy atom.